The number of nitrogens with one attached hydrogen (secondary N) is 1. The standard InChI is InChI=1S/C21H33N3O3/c1-15(2)20(24-13-16(3)27-17(4)14-24)21(25)22-18-6-5-7-19(12-18)23-8-10-26-11-9-23/h5-7,12,15-17,20H,8-11,13-14H2,1-4H3,(H,22,25)/t16-,17+,20-/m1/s1. The first-order chi connectivity index (χ1) is 12.9. The van der Waals surface area contributed by atoms with E-state index in [2.05, 4.69) is 54.9 Å². The van der Waals surface area contributed by atoms with Crippen LogP contribution in [0.1, 0.15) is 27.7 Å². The van der Waals surface area contributed by atoms with Crippen LogP contribution in [0.15, 0.2) is 24.3 Å². The summed E-state index contributed by atoms with van der Waals surface area (Å²) in [5.41, 5.74) is 1.98. The molecule has 0 radical (unpaired) electrons. The lowest BCUT2D eigenvalue weighted by Crippen LogP contribution is -2.55. The van der Waals surface area contributed by atoms with Crippen molar-refractivity contribution < 1.29 is 14.3 Å². The van der Waals surface area contributed by atoms with Gasteiger partial charge in [-0.3, -0.25) is 9.69 Å². The second kappa shape index (κ2) is 9.04. The number of benzene rings is 1. The van der Waals surface area contributed by atoms with Gasteiger partial charge in [0.1, 0.15) is 0 Å². The largest absolute Gasteiger partial charge is 0.378 e. The predicted octanol–water partition coefficient (Wildman–Crippen LogP) is 2.60. The lowest BCUT2D eigenvalue weighted by atomic mass is 9.99. The van der Waals surface area contributed by atoms with Crippen LogP contribution in [0.3, 0.4) is 0 Å². The number of anilines is 2. The number of carbonyl (C=O) groups excluding carboxylic acids is 1. The van der Waals surface area contributed by atoms with E-state index in [1.165, 1.54) is 0 Å². The van der Waals surface area contributed by atoms with E-state index in [9.17, 15) is 4.79 Å². The van der Waals surface area contributed by atoms with Gasteiger partial charge in [-0.25, -0.2) is 0 Å². The fourth-order valence-corrected chi connectivity index (χ4v) is 4.15. The molecule has 2 heterocycles. The molecule has 2 aliphatic heterocycles. The summed E-state index contributed by atoms with van der Waals surface area (Å²) < 4.78 is 11.3. The Morgan fingerprint density at radius 3 is 2.44 bits per heavy atom. The summed E-state index contributed by atoms with van der Waals surface area (Å²) in [6.45, 7) is 13.2. The van der Waals surface area contributed by atoms with Crippen LogP contribution in [0, 0.1) is 5.92 Å². The number of morpholine rings is 2. The number of amides is 1. The number of hydrogen-bond donors (Lipinski definition) is 1. The number of rotatable bonds is 5. The molecule has 1 aromatic carbocycles. The van der Waals surface area contributed by atoms with Crippen molar-refractivity contribution in [2.45, 2.75) is 45.9 Å². The third kappa shape index (κ3) is 5.21. The van der Waals surface area contributed by atoms with Crippen LogP contribution in [0.4, 0.5) is 11.4 Å². The van der Waals surface area contributed by atoms with Crippen LogP contribution in [-0.4, -0.2) is 68.4 Å². The van der Waals surface area contributed by atoms with Gasteiger partial charge in [-0.05, 0) is 38.0 Å². The van der Waals surface area contributed by atoms with Crippen molar-refractivity contribution in [3.05, 3.63) is 24.3 Å². The molecule has 150 valence electrons. The molecule has 0 aliphatic carbocycles. The fraction of sp³-hybridized carbons (Fsp3) is 0.667. The topological polar surface area (TPSA) is 54.0 Å². The molecule has 0 aromatic heterocycles. The van der Waals surface area contributed by atoms with Gasteiger partial charge in [0.25, 0.3) is 0 Å². The van der Waals surface area contributed by atoms with Crippen molar-refractivity contribution in [1.29, 1.82) is 0 Å². The average Bonchev–Trinajstić information content (AvgIpc) is 2.61. The normalized spacial score (nSPS) is 25.4. The molecule has 3 atom stereocenters. The fourth-order valence-electron chi connectivity index (χ4n) is 4.15. The summed E-state index contributed by atoms with van der Waals surface area (Å²) in [7, 11) is 0. The Morgan fingerprint density at radius 1 is 1.15 bits per heavy atom. The molecule has 2 aliphatic rings. The molecule has 0 bridgehead atoms. The summed E-state index contributed by atoms with van der Waals surface area (Å²) in [5.74, 6) is 0.287. The van der Waals surface area contributed by atoms with Crippen molar-refractivity contribution in [3.63, 3.8) is 0 Å². The van der Waals surface area contributed by atoms with Crippen LogP contribution in [0.5, 0.6) is 0 Å². The molecule has 0 unspecified atom stereocenters. The van der Waals surface area contributed by atoms with Crippen LogP contribution in [0.25, 0.3) is 0 Å². The first-order valence-electron chi connectivity index (χ1n) is 10.1. The van der Waals surface area contributed by atoms with E-state index < -0.39 is 0 Å². The number of carbonyl (C=O) groups is 1. The molecule has 0 saturated carbocycles. The van der Waals surface area contributed by atoms with E-state index in [1.54, 1.807) is 0 Å². The van der Waals surface area contributed by atoms with Crippen LogP contribution >= 0.6 is 0 Å². The average molecular weight is 376 g/mol. The number of hydrogen-bond acceptors (Lipinski definition) is 5. The smallest absolute Gasteiger partial charge is 0.241 e. The number of nitrogens with zero attached hydrogens (tertiary/aromatic N) is 2. The van der Waals surface area contributed by atoms with E-state index in [-0.39, 0.29) is 30.1 Å². The van der Waals surface area contributed by atoms with E-state index in [0.29, 0.717) is 0 Å². The minimum Gasteiger partial charge on any atom is -0.378 e. The van der Waals surface area contributed by atoms with Crippen molar-refractivity contribution >= 4 is 17.3 Å². The Bertz CT molecular complexity index is 621. The molecule has 1 amide bonds. The Morgan fingerprint density at radius 2 is 1.81 bits per heavy atom. The van der Waals surface area contributed by atoms with Crippen molar-refractivity contribution in [1.82, 2.24) is 4.90 Å². The lowest BCUT2D eigenvalue weighted by Gasteiger charge is -2.41. The lowest BCUT2D eigenvalue weighted by molar-refractivity contribution is -0.130. The van der Waals surface area contributed by atoms with Crippen LogP contribution in [-0.2, 0) is 14.3 Å². The molecular formula is C21H33N3O3. The third-order valence-corrected chi connectivity index (χ3v) is 5.23. The van der Waals surface area contributed by atoms with Crippen molar-refractivity contribution in [2.75, 3.05) is 49.6 Å². The molecule has 1 aromatic rings. The molecule has 3 rings (SSSR count). The molecule has 6 nitrogen and oxygen atoms in total. The highest BCUT2D eigenvalue weighted by Crippen LogP contribution is 2.23. The Hall–Kier alpha value is -1.63. The summed E-state index contributed by atoms with van der Waals surface area (Å²) in [6.07, 6.45) is 0.292. The summed E-state index contributed by atoms with van der Waals surface area (Å²) in [5, 5.41) is 3.15. The van der Waals surface area contributed by atoms with Gasteiger partial charge in [-0.15, -0.1) is 0 Å². The minimum absolute atomic E-state index is 0.0606. The zero-order valence-electron chi connectivity index (χ0n) is 17.0. The van der Waals surface area contributed by atoms with Crippen LogP contribution in [0.2, 0.25) is 0 Å². The zero-order valence-corrected chi connectivity index (χ0v) is 17.0. The zero-order chi connectivity index (χ0) is 19.4. The van der Waals surface area contributed by atoms with Gasteiger partial charge in [-0.2, -0.15) is 0 Å². The Labute approximate surface area is 162 Å². The highest BCUT2D eigenvalue weighted by molar-refractivity contribution is 5.95. The van der Waals surface area contributed by atoms with Crippen molar-refractivity contribution in [3.8, 4) is 0 Å². The van der Waals surface area contributed by atoms with Gasteiger partial charge in [0, 0.05) is 37.6 Å². The maximum atomic E-state index is 13.1. The molecular weight excluding hydrogens is 342 g/mol. The van der Waals surface area contributed by atoms with Crippen LogP contribution < -0.4 is 10.2 Å². The van der Waals surface area contributed by atoms with E-state index in [1.807, 2.05) is 12.1 Å². The highest BCUT2D eigenvalue weighted by Gasteiger charge is 2.34. The Kier molecular flexibility index (Phi) is 6.73. The monoisotopic (exact) mass is 375 g/mol. The first kappa shape index (κ1) is 20.1. The van der Waals surface area contributed by atoms with Gasteiger partial charge in [0.2, 0.25) is 5.91 Å². The maximum Gasteiger partial charge on any atom is 0.241 e. The molecule has 1 N–H and O–H groups in total. The van der Waals surface area contributed by atoms with E-state index >= 15 is 0 Å². The molecule has 0 spiro atoms. The van der Waals surface area contributed by atoms with Crippen molar-refractivity contribution in [2.24, 2.45) is 5.92 Å². The molecule has 2 saturated heterocycles. The second-order valence-corrected chi connectivity index (χ2v) is 8.04. The second-order valence-electron chi connectivity index (χ2n) is 8.04. The molecule has 27 heavy (non-hydrogen) atoms. The van der Waals surface area contributed by atoms with Gasteiger partial charge in [0.05, 0.1) is 31.5 Å². The van der Waals surface area contributed by atoms with Gasteiger partial charge in [-0.1, -0.05) is 19.9 Å². The van der Waals surface area contributed by atoms with Gasteiger partial charge in [0.15, 0.2) is 0 Å². The summed E-state index contributed by atoms with van der Waals surface area (Å²) in [4.78, 5) is 17.7. The SMILES string of the molecule is CC(C)[C@H](C(=O)Nc1cccc(N2CCOCC2)c1)N1C[C@@H](C)O[C@@H](C)C1. The Balaban J connectivity index is 1.70. The highest BCUT2D eigenvalue weighted by atomic mass is 16.5. The van der Waals surface area contributed by atoms with Gasteiger partial charge < -0.3 is 19.7 Å². The van der Waals surface area contributed by atoms with Gasteiger partial charge >= 0.3 is 0 Å². The third-order valence-electron chi connectivity index (χ3n) is 5.23. The van der Waals surface area contributed by atoms with E-state index in [4.69, 9.17) is 9.47 Å². The summed E-state index contributed by atoms with van der Waals surface area (Å²) in [6, 6.07) is 7.95. The number of ether oxygens (including phenoxy) is 2. The van der Waals surface area contributed by atoms with E-state index in [0.717, 1.165) is 50.8 Å². The quantitative estimate of drug-likeness (QED) is 0.857. The maximum absolute atomic E-state index is 13.1. The minimum atomic E-state index is -0.161. The summed E-state index contributed by atoms with van der Waals surface area (Å²) >= 11 is 0. The molecule has 2 fully saturated rings. The molecule has 6 heteroatoms. The first-order valence-corrected chi connectivity index (χ1v) is 10.1. The predicted molar refractivity (Wildman–Crippen MR) is 108 cm³/mol.